The van der Waals surface area contributed by atoms with Gasteiger partial charge >= 0.3 is 0 Å². The number of thiophene rings is 1. The van der Waals surface area contributed by atoms with E-state index in [1.165, 1.54) is 11.3 Å². The topological polar surface area (TPSA) is 117 Å². The molecule has 9 heteroatoms. The second kappa shape index (κ2) is 9.90. The first-order chi connectivity index (χ1) is 15.5. The lowest BCUT2D eigenvalue weighted by Crippen LogP contribution is -2.48. The predicted molar refractivity (Wildman–Crippen MR) is 121 cm³/mol. The Morgan fingerprint density at radius 2 is 1.94 bits per heavy atom. The normalized spacial score (nSPS) is 16.5. The highest BCUT2D eigenvalue weighted by atomic mass is 32.1. The number of carbonyl (C=O) groups excluding carboxylic acids is 3. The molecule has 2 aromatic carbocycles. The average Bonchev–Trinajstić information content (AvgIpc) is 3.48. The number of nitrogens with one attached hydrogen (secondary N) is 3. The molecule has 0 saturated carbocycles. The Morgan fingerprint density at radius 1 is 1.12 bits per heavy atom. The number of hydroxylamine groups is 1. The van der Waals surface area contributed by atoms with Crippen molar-refractivity contribution in [3.05, 3.63) is 65.0 Å². The lowest BCUT2D eigenvalue weighted by molar-refractivity contribution is -0.133. The van der Waals surface area contributed by atoms with Crippen LogP contribution in [0, 0.1) is 0 Å². The molecule has 32 heavy (non-hydrogen) atoms. The standard InChI is InChI=1S/C23H23N3O5S/c27-21(24-16-8-9-19-15(12-16)13-20(32-19)23(29)26-30)17(11-14-5-2-1-3-6-14)25-22(28)18-7-4-10-31-18/h1-3,5-6,8-9,12-13,17-18,30H,4,7,10-11H2,(H,24,27)(H,25,28)(H,26,29)/t17-,18?/m0/s1. The van der Waals surface area contributed by atoms with Crippen molar-refractivity contribution >= 4 is 44.8 Å². The number of ether oxygens (including phenoxy) is 1. The van der Waals surface area contributed by atoms with Crippen LogP contribution in [0.25, 0.3) is 10.1 Å². The molecule has 0 bridgehead atoms. The number of amides is 3. The second-order valence-corrected chi connectivity index (χ2v) is 8.63. The number of hydrogen-bond acceptors (Lipinski definition) is 6. The Balaban J connectivity index is 1.51. The smallest absolute Gasteiger partial charge is 0.284 e. The molecule has 1 fully saturated rings. The van der Waals surface area contributed by atoms with Crippen LogP contribution in [-0.2, 0) is 20.7 Å². The Hall–Kier alpha value is -3.27. The van der Waals surface area contributed by atoms with Gasteiger partial charge in [-0.15, -0.1) is 11.3 Å². The molecule has 4 N–H and O–H groups in total. The summed E-state index contributed by atoms with van der Waals surface area (Å²) in [4.78, 5) is 37.7. The number of fused-ring (bicyclic) bond motifs is 1. The minimum atomic E-state index is -0.775. The molecule has 166 valence electrons. The van der Waals surface area contributed by atoms with Gasteiger partial charge in [-0.2, -0.15) is 0 Å². The molecule has 0 radical (unpaired) electrons. The Bertz CT molecular complexity index is 1130. The van der Waals surface area contributed by atoms with Gasteiger partial charge < -0.3 is 15.4 Å². The van der Waals surface area contributed by atoms with E-state index in [1.54, 1.807) is 29.7 Å². The number of carbonyl (C=O) groups is 3. The van der Waals surface area contributed by atoms with Crippen molar-refractivity contribution in [3.8, 4) is 0 Å². The van der Waals surface area contributed by atoms with Gasteiger partial charge in [-0.1, -0.05) is 30.3 Å². The first-order valence-electron chi connectivity index (χ1n) is 10.3. The molecule has 3 aromatic rings. The van der Waals surface area contributed by atoms with E-state index in [9.17, 15) is 14.4 Å². The van der Waals surface area contributed by atoms with E-state index < -0.39 is 18.1 Å². The van der Waals surface area contributed by atoms with Gasteiger partial charge in [0.05, 0.1) is 4.88 Å². The molecular formula is C23H23N3O5S. The minimum absolute atomic E-state index is 0.286. The van der Waals surface area contributed by atoms with Crippen molar-refractivity contribution in [1.82, 2.24) is 10.8 Å². The van der Waals surface area contributed by atoms with Crippen molar-refractivity contribution in [2.75, 3.05) is 11.9 Å². The van der Waals surface area contributed by atoms with Gasteiger partial charge in [-0.05, 0) is 48.1 Å². The molecule has 1 unspecified atom stereocenters. The molecule has 0 spiro atoms. The van der Waals surface area contributed by atoms with E-state index in [4.69, 9.17) is 9.94 Å². The highest BCUT2D eigenvalue weighted by Gasteiger charge is 2.28. The summed E-state index contributed by atoms with van der Waals surface area (Å²) in [6, 6.07) is 15.6. The maximum absolute atomic E-state index is 13.1. The fraction of sp³-hybridized carbons (Fsp3) is 0.261. The molecular weight excluding hydrogens is 430 g/mol. The lowest BCUT2D eigenvalue weighted by atomic mass is 10.0. The Labute approximate surface area is 188 Å². The van der Waals surface area contributed by atoms with Gasteiger partial charge in [-0.3, -0.25) is 19.6 Å². The van der Waals surface area contributed by atoms with E-state index in [0.717, 1.165) is 22.1 Å². The fourth-order valence-electron chi connectivity index (χ4n) is 3.63. The summed E-state index contributed by atoms with van der Waals surface area (Å²) >= 11 is 1.23. The largest absolute Gasteiger partial charge is 0.368 e. The van der Waals surface area contributed by atoms with E-state index >= 15 is 0 Å². The van der Waals surface area contributed by atoms with Crippen LogP contribution in [0.5, 0.6) is 0 Å². The first kappa shape index (κ1) is 21.9. The zero-order valence-corrected chi connectivity index (χ0v) is 18.0. The fourth-order valence-corrected chi connectivity index (χ4v) is 4.56. The molecule has 1 aliphatic heterocycles. The third-order valence-electron chi connectivity index (χ3n) is 5.25. The van der Waals surface area contributed by atoms with Crippen molar-refractivity contribution in [2.24, 2.45) is 0 Å². The molecule has 1 aromatic heterocycles. The molecule has 1 aliphatic rings. The summed E-state index contributed by atoms with van der Waals surface area (Å²) in [7, 11) is 0. The Kier molecular flexibility index (Phi) is 6.79. The van der Waals surface area contributed by atoms with Gasteiger partial charge in [0, 0.05) is 23.4 Å². The van der Waals surface area contributed by atoms with Crippen LogP contribution < -0.4 is 16.1 Å². The van der Waals surface area contributed by atoms with Crippen molar-refractivity contribution in [2.45, 2.75) is 31.4 Å². The van der Waals surface area contributed by atoms with E-state index in [0.29, 0.717) is 30.0 Å². The molecule has 3 amide bonds. The van der Waals surface area contributed by atoms with Gasteiger partial charge in [0.1, 0.15) is 12.1 Å². The van der Waals surface area contributed by atoms with Crippen molar-refractivity contribution < 1.29 is 24.3 Å². The summed E-state index contributed by atoms with van der Waals surface area (Å²) in [6.45, 7) is 0.546. The zero-order valence-electron chi connectivity index (χ0n) is 17.2. The average molecular weight is 454 g/mol. The molecule has 8 nitrogen and oxygen atoms in total. The van der Waals surface area contributed by atoms with Gasteiger partial charge in [-0.25, -0.2) is 5.48 Å². The quantitative estimate of drug-likeness (QED) is 0.324. The summed E-state index contributed by atoms with van der Waals surface area (Å²) in [5.41, 5.74) is 3.09. The molecule has 1 saturated heterocycles. The first-order valence-corrected chi connectivity index (χ1v) is 11.1. The lowest BCUT2D eigenvalue weighted by Gasteiger charge is -2.20. The summed E-state index contributed by atoms with van der Waals surface area (Å²) < 4.78 is 6.29. The Morgan fingerprint density at radius 3 is 2.66 bits per heavy atom. The van der Waals surface area contributed by atoms with Crippen molar-refractivity contribution in [3.63, 3.8) is 0 Å². The third-order valence-corrected chi connectivity index (χ3v) is 6.36. The van der Waals surface area contributed by atoms with Gasteiger partial charge in [0.15, 0.2) is 0 Å². The van der Waals surface area contributed by atoms with Crippen LogP contribution in [-0.4, -0.2) is 41.7 Å². The van der Waals surface area contributed by atoms with Crippen LogP contribution in [0.2, 0.25) is 0 Å². The number of benzene rings is 2. The van der Waals surface area contributed by atoms with E-state index in [1.807, 2.05) is 30.3 Å². The molecule has 2 heterocycles. The third kappa shape index (κ3) is 5.13. The molecule has 2 atom stereocenters. The maximum Gasteiger partial charge on any atom is 0.284 e. The van der Waals surface area contributed by atoms with Gasteiger partial charge in [0.25, 0.3) is 5.91 Å². The molecule has 4 rings (SSSR count). The predicted octanol–water partition coefficient (Wildman–Crippen LogP) is 2.87. The van der Waals surface area contributed by atoms with Crippen LogP contribution in [0.1, 0.15) is 28.1 Å². The second-order valence-electron chi connectivity index (χ2n) is 7.55. The zero-order chi connectivity index (χ0) is 22.5. The highest BCUT2D eigenvalue weighted by Crippen LogP contribution is 2.28. The maximum atomic E-state index is 13.1. The molecule has 0 aliphatic carbocycles. The number of hydrogen-bond donors (Lipinski definition) is 4. The van der Waals surface area contributed by atoms with E-state index in [-0.39, 0.29) is 11.8 Å². The monoisotopic (exact) mass is 453 g/mol. The van der Waals surface area contributed by atoms with Crippen LogP contribution >= 0.6 is 11.3 Å². The van der Waals surface area contributed by atoms with Crippen LogP contribution in [0.15, 0.2) is 54.6 Å². The minimum Gasteiger partial charge on any atom is -0.368 e. The van der Waals surface area contributed by atoms with Gasteiger partial charge in [0.2, 0.25) is 11.8 Å². The number of anilines is 1. The van der Waals surface area contributed by atoms with E-state index in [2.05, 4.69) is 10.6 Å². The summed E-state index contributed by atoms with van der Waals surface area (Å²) in [6.07, 6.45) is 1.28. The summed E-state index contributed by atoms with van der Waals surface area (Å²) in [5, 5.41) is 15.3. The number of rotatable bonds is 7. The summed E-state index contributed by atoms with van der Waals surface area (Å²) in [5.74, 6) is -1.22. The highest BCUT2D eigenvalue weighted by molar-refractivity contribution is 7.20. The van der Waals surface area contributed by atoms with Crippen LogP contribution in [0.3, 0.4) is 0 Å². The van der Waals surface area contributed by atoms with Crippen LogP contribution in [0.4, 0.5) is 5.69 Å². The SMILES string of the molecule is O=C(NO)c1cc2cc(NC(=O)[C@H](Cc3ccccc3)NC(=O)C3CCCO3)ccc2s1. The van der Waals surface area contributed by atoms with Crippen molar-refractivity contribution in [1.29, 1.82) is 0 Å².